The number of amides is 1. The smallest absolute Gasteiger partial charge is 0.276 e. The molecule has 2 atom stereocenters. The number of piperidine rings is 1. The van der Waals surface area contributed by atoms with Crippen LogP contribution in [0.4, 0.5) is 5.69 Å². The number of aryl methyl sites for hydroxylation is 1. The van der Waals surface area contributed by atoms with Crippen LogP contribution in [0.15, 0.2) is 6.20 Å². The predicted molar refractivity (Wildman–Crippen MR) is 69.0 cm³/mol. The maximum Gasteiger partial charge on any atom is 0.276 e. The monoisotopic (exact) mass is 248 g/mol. The summed E-state index contributed by atoms with van der Waals surface area (Å²) in [6.07, 6.45) is 6.83. The zero-order valence-electron chi connectivity index (χ0n) is 10.8. The van der Waals surface area contributed by atoms with Crippen molar-refractivity contribution >= 4 is 11.6 Å². The molecule has 1 saturated heterocycles. The van der Waals surface area contributed by atoms with Crippen molar-refractivity contribution in [3.05, 3.63) is 11.9 Å². The Balaban J connectivity index is 1.78. The van der Waals surface area contributed by atoms with Gasteiger partial charge in [-0.05, 0) is 31.1 Å². The summed E-state index contributed by atoms with van der Waals surface area (Å²) in [5.41, 5.74) is 6.73. The first-order valence-electron chi connectivity index (χ1n) is 6.72. The van der Waals surface area contributed by atoms with E-state index in [0.717, 1.165) is 13.1 Å². The third-order valence-corrected chi connectivity index (χ3v) is 4.20. The van der Waals surface area contributed by atoms with E-state index in [1.807, 2.05) is 4.90 Å². The van der Waals surface area contributed by atoms with E-state index in [-0.39, 0.29) is 5.91 Å². The molecule has 2 unspecified atom stereocenters. The highest BCUT2D eigenvalue weighted by atomic mass is 16.2. The standard InChI is InChI=1S/C13H20N4O/c1-16-8-11(14)12(15-16)13(18)17-6-9-3-2-4-10(5-9)7-17/h8-10H,2-7,14H2,1H3. The van der Waals surface area contributed by atoms with Gasteiger partial charge in [-0.15, -0.1) is 0 Å². The Morgan fingerprint density at radius 2 is 2.06 bits per heavy atom. The van der Waals surface area contributed by atoms with Gasteiger partial charge in [0, 0.05) is 26.3 Å². The third-order valence-electron chi connectivity index (χ3n) is 4.20. The Labute approximate surface area is 107 Å². The van der Waals surface area contributed by atoms with Crippen LogP contribution in [-0.4, -0.2) is 33.7 Å². The molecule has 0 radical (unpaired) electrons. The lowest BCUT2D eigenvalue weighted by Gasteiger charge is -2.41. The number of rotatable bonds is 1. The number of nitrogens with zero attached hydrogens (tertiary/aromatic N) is 3. The second-order valence-corrected chi connectivity index (χ2v) is 5.72. The summed E-state index contributed by atoms with van der Waals surface area (Å²) in [4.78, 5) is 14.4. The van der Waals surface area contributed by atoms with Gasteiger partial charge in [0.15, 0.2) is 5.69 Å². The number of nitrogens with two attached hydrogens (primary N) is 1. The fraction of sp³-hybridized carbons (Fsp3) is 0.692. The van der Waals surface area contributed by atoms with Crippen molar-refractivity contribution in [1.82, 2.24) is 14.7 Å². The van der Waals surface area contributed by atoms with Gasteiger partial charge in [-0.1, -0.05) is 6.42 Å². The molecule has 2 N–H and O–H groups in total. The van der Waals surface area contributed by atoms with Gasteiger partial charge in [0.2, 0.25) is 0 Å². The molecule has 2 bridgehead atoms. The van der Waals surface area contributed by atoms with Crippen LogP contribution in [0.3, 0.4) is 0 Å². The molecule has 18 heavy (non-hydrogen) atoms. The van der Waals surface area contributed by atoms with Gasteiger partial charge in [-0.3, -0.25) is 9.48 Å². The van der Waals surface area contributed by atoms with Crippen molar-refractivity contribution in [2.75, 3.05) is 18.8 Å². The van der Waals surface area contributed by atoms with E-state index in [1.165, 1.54) is 25.7 Å². The molecule has 1 saturated carbocycles. The molecule has 98 valence electrons. The van der Waals surface area contributed by atoms with Gasteiger partial charge in [-0.2, -0.15) is 5.10 Å². The average molecular weight is 248 g/mol. The van der Waals surface area contributed by atoms with Gasteiger partial charge in [-0.25, -0.2) is 0 Å². The van der Waals surface area contributed by atoms with E-state index in [9.17, 15) is 4.79 Å². The third kappa shape index (κ3) is 1.98. The first-order chi connectivity index (χ1) is 8.63. The molecular weight excluding hydrogens is 228 g/mol. The van der Waals surface area contributed by atoms with E-state index < -0.39 is 0 Å². The molecule has 5 nitrogen and oxygen atoms in total. The van der Waals surface area contributed by atoms with Crippen molar-refractivity contribution in [3.8, 4) is 0 Å². The Kier molecular flexibility index (Phi) is 2.76. The van der Waals surface area contributed by atoms with E-state index in [2.05, 4.69) is 5.10 Å². The molecule has 0 aromatic carbocycles. The highest BCUT2D eigenvalue weighted by Crippen LogP contribution is 2.34. The van der Waals surface area contributed by atoms with E-state index >= 15 is 0 Å². The summed E-state index contributed by atoms with van der Waals surface area (Å²) in [7, 11) is 1.79. The number of hydrogen-bond acceptors (Lipinski definition) is 3. The number of hydrogen-bond donors (Lipinski definition) is 1. The van der Waals surface area contributed by atoms with Crippen LogP contribution < -0.4 is 5.73 Å². The largest absolute Gasteiger partial charge is 0.396 e. The Morgan fingerprint density at radius 3 is 2.61 bits per heavy atom. The highest BCUT2D eigenvalue weighted by Gasteiger charge is 2.34. The maximum absolute atomic E-state index is 12.4. The van der Waals surface area contributed by atoms with Crippen LogP contribution in [0.2, 0.25) is 0 Å². The molecule has 0 spiro atoms. The quantitative estimate of drug-likeness (QED) is 0.814. The first kappa shape index (κ1) is 11.6. The summed E-state index contributed by atoms with van der Waals surface area (Å²) in [5.74, 6) is 1.38. The van der Waals surface area contributed by atoms with Crippen LogP contribution in [0.5, 0.6) is 0 Å². The van der Waals surface area contributed by atoms with Crippen molar-refractivity contribution in [3.63, 3.8) is 0 Å². The van der Waals surface area contributed by atoms with Crippen LogP contribution in [0, 0.1) is 11.8 Å². The van der Waals surface area contributed by atoms with Gasteiger partial charge in [0.25, 0.3) is 5.91 Å². The van der Waals surface area contributed by atoms with Gasteiger partial charge in [0.05, 0.1) is 5.69 Å². The summed E-state index contributed by atoms with van der Waals surface area (Å²) in [6, 6.07) is 0. The van der Waals surface area contributed by atoms with Crippen molar-refractivity contribution < 1.29 is 4.79 Å². The van der Waals surface area contributed by atoms with Crippen LogP contribution in [0.25, 0.3) is 0 Å². The Morgan fingerprint density at radius 1 is 1.39 bits per heavy atom. The number of aromatic nitrogens is 2. The minimum Gasteiger partial charge on any atom is -0.396 e. The molecule has 1 aliphatic heterocycles. The molecular formula is C13H20N4O. The van der Waals surface area contributed by atoms with Crippen molar-refractivity contribution in [2.45, 2.75) is 25.7 Å². The fourth-order valence-electron chi connectivity index (χ4n) is 3.42. The van der Waals surface area contributed by atoms with Crippen LogP contribution >= 0.6 is 0 Å². The number of carbonyl (C=O) groups is 1. The zero-order valence-corrected chi connectivity index (χ0v) is 10.8. The number of nitrogen functional groups attached to an aromatic ring is 1. The summed E-state index contributed by atoms with van der Waals surface area (Å²) in [5, 5.41) is 4.18. The molecule has 1 amide bonds. The predicted octanol–water partition coefficient (Wildman–Crippen LogP) is 1.26. The normalized spacial score (nSPS) is 27.3. The molecule has 1 aromatic heterocycles. The lowest BCUT2D eigenvalue weighted by atomic mass is 9.78. The molecule has 1 aliphatic carbocycles. The molecule has 5 heteroatoms. The second kappa shape index (κ2) is 4.30. The first-order valence-corrected chi connectivity index (χ1v) is 6.72. The minimum atomic E-state index is 0.00435. The second-order valence-electron chi connectivity index (χ2n) is 5.72. The van der Waals surface area contributed by atoms with Crippen LogP contribution in [0.1, 0.15) is 36.2 Å². The maximum atomic E-state index is 12.4. The number of carbonyl (C=O) groups excluding carboxylic acids is 1. The zero-order chi connectivity index (χ0) is 12.7. The van der Waals surface area contributed by atoms with Gasteiger partial charge < -0.3 is 10.6 Å². The van der Waals surface area contributed by atoms with Crippen molar-refractivity contribution in [2.24, 2.45) is 18.9 Å². The SMILES string of the molecule is Cn1cc(N)c(C(=O)N2CC3CCCC(C3)C2)n1. The summed E-state index contributed by atoms with van der Waals surface area (Å²) in [6.45, 7) is 1.76. The average Bonchev–Trinajstić information content (AvgIpc) is 2.67. The van der Waals surface area contributed by atoms with Crippen LogP contribution in [-0.2, 0) is 7.05 Å². The molecule has 2 aliphatic rings. The number of anilines is 1. The molecule has 1 aromatic rings. The minimum absolute atomic E-state index is 0.00435. The van der Waals surface area contributed by atoms with Gasteiger partial charge >= 0.3 is 0 Å². The topological polar surface area (TPSA) is 64.2 Å². The number of fused-ring (bicyclic) bond motifs is 2. The lowest BCUT2D eigenvalue weighted by molar-refractivity contribution is 0.0499. The molecule has 2 heterocycles. The fourth-order valence-corrected chi connectivity index (χ4v) is 3.42. The highest BCUT2D eigenvalue weighted by molar-refractivity contribution is 5.97. The summed E-state index contributed by atoms with van der Waals surface area (Å²) < 4.78 is 1.60. The van der Waals surface area contributed by atoms with Crippen molar-refractivity contribution in [1.29, 1.82) is 0 Å². The molecule has 3 rings (SSSR count). The van der Waals surface area contributed by atoms with E-state index in [0.29, 0.717) is 23.2 Å². The van der Waals surface area contributed by atoms with E-state index in [1.54, 1.807) is 17.9 Å². The molecule has 2 fully saturated rings. The summed E-state index contributed by atoms with van der Waals surface area (Å²) >= 11 is 0. The van der Waals surface area contributed by atoms with E-state index in [4.69, 9.17) is 5.73 Å². The lowest BCUT2D eigenvalue weighted by Crippen LogP contribution is -2.46. The Hall–Kier alpha value is -1.52. The Bertz CT molecular complexity index is 456. The number of likely N-dealkylation sites (tertiary alicyclic amines) is 1. The van der Waals surface area contributed by atoms with Gasteiger partial charge in [0.1, 0.15) is 0 Å².